The number of aliphatic hydroxyl groups excluding tert-OH is 1. The number of unbranched alkanes of at least 4 members (excludes halogenated alkanes) is 1. The summed E-state index contributed by atoms with van der Waals surface area (Å²) in [5.41, 5.74) is 0.988. The van der Waals surface area contributed by atoms with Crippen molar-refractivity contribution < 1.29 is 19.5 Å². The maximum atomic E-state index is 14.0. The van der Waals surface area contributed by atoms with Gasteiger partial charge in [0, 0.05) is 23.7 Å². The molecule has 7 atom stereocenters. The van der Waals surface area contributed by atoms with Crippen LogP contribution < -0.4 is 10.6 Å². The number of hydrogen-bond acceptors (Lipinski definition) is 5. The van der Waals surface area contributed by atoms with E-state index in [1.54, 1.807) is 23.7 Å². The van der Waals surface area contributed by atoms with E-state index in [1.165, 1.54) is 0 Å². The standard InChI is InChI=1S/C24H32BrN3O4S/c1-3-4-10-27-22(31)20-24-12-16(25)19(33-24)17(21(30)26-2)18(24)23(32)28(20)15(13-29)11-14-8-6-5-7-9-14/h5-9,15-20,29H,3-4,10-13H2,1-2H3,(H,26,30)(H,27,31)/t15-,16?,17+,18+,19+,20?,24?/m1/s1. The highest BCUT2D eigenvalue weighted by Crippen LogP contribution is 2.67. The second-order valence-electron chi connectivity index (χ2n) is 9.19. The van der Waals surface area contributed by atoms with Crippen LogP contribution in [0.5, 0.6) is 0 Å². The maximum absolute atomic E-state index is 14.0. The Kier molecular flexibility index (Phi) is 7.41. The molecule has 2 bridgehead atoms. The number of fused-ring (bicyclic) bond motifs is 1. The Labute approximate surface area is 207 Å². The topological polar surface area (TPSA) is 98.7 Å². The molecule has 3 heterocycles. The van der Waals surface area contributed by atoms with Crippen molar-refractivity contribution in [1.29, 1.82) is 0 Å². The lowest BCUT2D eigenvalue weighted by Gasteiger charge is -2.37. The van der Waals surface area contributed by atoms with Crippen LogP contribution in [0.4, 0.5) is 0 Å². The number of thioether (sulfide) groups is 1. The molecule has 4 rings (SSSR count). The van der Waals surface area contributed by atoms with Crippen LogP contribution in [0.3, 0.4) is 0 Å². The largest absolute Gasteiger partial charge is 0.394 e. The third-order valence-corrected chi connectivity index (χ3v) is 10.5. The summed E-state index contributed by atoms with van der Waals surface area (Å²) >= 11 is 5.36. The van der Waals surface area contributed by atoms with Crippen molar-refractivity contribution in [1.82, 2.24) is 15.5 Å². The lowest BCUT2D eigenvalue weighted by atomic mass is 9.70. The Hall–Kier alpha value is -1.58. The first-order valence-corrected chi connectivity index (χ1v) is 13.5. The lowest BCUT2D eigenvalue weighted by Crippen LogP contribution is -2.57. The first kappa shape index (κ1) is 24.5. The molecule has 3 amide bonds. The van der Waals surface area contributed by atoms with Crippen LogP contribution in [0.25, 0.3) is 0 Å². The van der Waals surface area contributed by atoms with E-state index < -0.39 is 28.7 Å². The second-order valence-corrected chi connectivity index (χ2v) is 11.9. The molecule has 0 saturated carbocycles. The van der Waals surface area contributed by atoms with Crippen molar-refractivity contribution in [2.45, 2.75) is 59.5 Å². The summed E-state index contributed by atoms with van der Waals surface area (Å²) in [6.45, 7) is 2.35. The molecule has 3 saturated heterocycles. The van der Waals surface area contributed by atoms with Gasteiger partial charge in [-0.3, -0.25) is 14.4 Å². The van der Waals surface area contributed by atoms with Crippen molar-refractivity contribution in [2.75, 3.05) is 20.2 Å². The quantitative estimate of drug-likeness (QED) is 0.329. The van der Waals surface area contributed by atoms with Crippen molar-refractivity contribution >= 4 is 45.4 Å². The van der Waals surface area contributed by atoms with Crippen LogP contribution in [0, 0.1) is 11.8 Å². The fourth-order valence-electron chi connectivity index (χ4n) is 5.85. The van der Waals surface area contributed by atoms with Gasteiger partial charge in [0.05, 0.1) is 29.2 Å². The molecule has 3 aliphatic rings. The number of rotatable bonds is 9. The van der Waals surface area contributed by atoms with E-state index in [4.69, 9.17) is 0 Å². The molecule has 180 valence electrons. The van der Waals surface area contributed by atoms with Crippen molar-refractivity contribution in [3.63, 3.8) is 0 Å². The van der Waals surface area contributed by atoms with E-state index in [1.807, 2.05) is 30.3 Å². The molecule has 33 heavy (non-hydrogen) atoms. The van der Waals surface area contributed by atoms with Crippen LogP contribution >= 0.6 is 27.7 Å². The lowest BCUT2D eigenvalue weighted by molar-refractivity contribution is -0.142. The van der Waals surface area contributed by atoms with Crippen LogP contribution in [-0.2, 0) is 20.8 Å². The van der Waals surface area contributed by atoms with E-state index in [9.17, 15) is 19.5 Å². The minimum atomic E-state index is -0.725. The van der Waals surface area contributed by atoms with E-state index in [0.717, 1.165) is 18.4 Å². The number of likely N-dealkylation sites (tertiary alicyclic amines) is 1. The smallest absolute Gasteiger partial charge is 0.244 e. The predicted octanol–water partition coefficient (Wildman–Crippen LogP) is 1.72. The number of carbonyl (C=O) groups excluding carboxylic acids is 3. The number of halogens is 1. The molecule has 3 aliphatic heterocycles. The van der Waals surface area contributed by atoms with Gasteiger partial charge in [-0.25, -0.2) is 0 Å². The normalized spacial score (nSPS) is 33.2. The number of aliphatic hydroxyl groups is 1. The first-order chi connectivity index (χ1) is 15.9. The molecule has 9 heteroatoms. The summed E-state index contributed by atoms with van der Waals surface area (Å²) in [6.07, 6.45) is 2.89. The minimum absolute atomic E-state index is 0.0430. The average Bonchev–Trinajstić information content (AvgIpc) is 3.41. The Morgan fingerprint density at radius 3 is 2.67 bits per heavy atom. The third kappa shape index (κ3) is 4.10. The zero-order chi connectivity index (χ0) is 23.8. The van der Waals surface area contributed by atoms with Gasteiger partial charge in [0.1, 0.15) is 6.04 Å². The van der Waals surface area contributed by atoms with Crippen LogP contribution in [0.2, 0.25) is 0 Å². The average molecular weight is 539 g/mol. The van der Waals surface area contributed by atoms with E-state index in [0.29, 0.717) is 19.4 Å². The fraction of sp³-hybridized carbons (Fsp3) is 0.625. The Balaban J connectivity index is 1.73. The predicted molar refractivity (Wildman–Crippen MR) is 132 cm³/mol. The third-order valence-electron chi connectivity index (χ3n) is 7.27. The minimum Gasteiger partial charge on any atom is -0.394 e. The maximum Gasteiger partial charge on any atom is 0.244 e. The molecule has 7 nitrogen and oxygen atoms in total. The molecule has 3 N–H and O–H groups in total. The molecular formula is C24H32BrN3O4S. The van der Waals surface area contributed by atoms with Gasteiger partial charge in [-0.2, -0.15) is 0 Å². The summed E-state index contributed by atoms with van der Waals surface area (Å²) in [7, 11) is 1.59. The Morgan fingerprint density at radius 1 is 1.30 bits per heavy atom. The van der Waals surface area contributed by atoms with Crippen molar-refractivity contribution in [3.8, 4) is 0 Å². The van der Waals surface area contributed by atoms with Crippen molar-refractivity contribution in [3.05, 3.63) is 35.9 Å². The number of benzene rings is 1. The fourth-order valence-corrected chi connectivity index (χ4v) is 9.45. The van der Waals surface area contributed by atoms with E-state index >= 15 is 0 Å². The van der Waals surface area contributed by atoms with Crippen molar-refractivity contribution in [2.24, 2.45) is 11.8 Å². The van der Waals surface area contributed by atoms with Gasteiger partial charge < -0.3 is 20.6 Å². The van der Waals surface area contributed by atoms with Gasteiger partial charge in [0.25, 0.3) is 0 Å². The highest BCUT2D eigenvalue weighted by atomic mass is 79.9. The zero-order valence-electron chi connectivity index (χ0n) is 19.0. The number of nitrogens with one attached hydrogen (secondary N) is 2. The van der Waals surface area contributed by atoms with Gasteiger partial charge in [0.2, 0.25) is 17.7 Å². The Morgan fingerprint density at radius 2 is 2.03 bits per heavy atom. The number of carbonyl (C=O) groups is 3. The molecule has 1 spiro atoms. The summed E-state index contributed by atoms with van der Waals surface area (Å²) in [4.78, 5) is 42.1. The molecule has 0 aliphatic carbocycles. The molecule has 0 aromatic heterocycles. The summed E-state index contributed by atoms with van der Waals surface area (Å²) in [6, 6.07) is 8.42. The molecular weight excluding hydrogens is 506 g/mol. The van der Waals surface area contributed by atoms with Gasteiger partial charge in [-0.05, 0) is 24.8 Å². The van der Waals surface area contributed by atoms with Gasteiger partial charge in [-0.1, -0.05) is 59.6 Å². The van der Waals surface area contributed by atoms with E-state index in [2.05, 4.69) is 33.5 Å². The summed E-state index contributed by atoms with van der Waals surface area (Å²) in [5, 5.41) is 16.1. The number of nitrogens with zero attached hydrogens (tertiary/aromatic N) is 1. The number of alkyl halides is 1. The summed E-state index contributed by atoms with van der Waals surface area (Å²) in [5.74, 6) is -1.61. The monoisotopic (exact) mass is 537 g/mol. The van der Waals surface area contributed by atoms with Crippen LogP contribution in [0.1, 0.15) is 31.7 Å². The molecule has 1 aromatic carbocycles. The number of amides is 3. The molecule has 1 aromatic rings. The first-order valence-electron chi connectivity index (χ1n) is 11.7. The second kappa shape index (κ2) is 9.96. The highest BCUT2D eigenvalue weighted by Gasteiger charge is 2.76. The molecule has 3 unspecified atom stereocenters. The Bertz CT molecular complexity index is 903. The van der Waals surface area contributed by atoms with Gasteiger partial charge in [-0.15, -0.1) is 11.8 Å². The van der Waals surface area contributed by atoms with E-state index in [-0.39, 0.29) is 34.4 Å². The zero-order valence-corrected chi connectivity index (χ0v) is 21.4. The molecule has 3 fully saturated rings. The SMILES string of the molecule is CCCCNC(=O)C1N([C@@H](CO)Cc2ccccc2)C(=O)[C@@H]2[C@H](C(=O)NC)[C@H]3SC12CC3Br. The highest BCUT2D eigenvalue weighted by molar-refractivity contribution is 9.09. The van der Waals surface area contributed by atoms with Gasteiger partial charge >= 0.3 is 0 Å². The van der Waals surface area contributed by atoms with Gasteiger partial charge in [0.15, 0.2) is 0 Å². The number of hydrogen-bond donors (Lipinski definition) is 3. The molecule has 0 radical (unpaired) electrons. The van der Waals surface area contributed by atoms with Crippen LogP contribution in [-0.4, -0.2) is 74.8 Å². The van der Waals surface area contributed by atoms with Crippen LogP contribution in [0.15, 0.2) is 30.3 Å². The summed E-state index contributed by atoms with van der Waals surface area (Å²) < 4.78 is -0.687.